The van der Waals surface area contributed by atoms with Gasteiger partial charge in [-0.15, -0.1) is 18.3 Å². The zero-order chi connectivity index (χ0) is 29.4. The van der Waals surface area contributed by atoms with E-state index >= 15 is 0 Å². The van der Waals surface area contributed by atoms with Crippen LogP contribution in [0.1, 0.15) is 43.9 Å². The van der Waals surface area contributed by atoms with Crippen LogP contribution in [0.5, 0.6) is 0 Å². The lowest BCUT2D eigenvalue weighted by Crippen LogP contribution is -2.47. The summed E-state index contributed by atoms with van der Waals surface area (Å²) in [5.41, 5.74) is 12.1. The van der Waals surface area contributed by atoms with Crippen molar-refractivity contribution in [2.75, 3.05) is 13.3 Å². The van der Waals surface area contributed by atoms with E-state index in [1.807, 2.05) is 17.8 Å². The molecule has 3 aromatic rings. The molecule has 3 aromatic carbocycles. The molecule has 1 aliphatic carbocycles. The van der Waals surface area contributed by atoms with E-state index in [2.05, 4.69) is 145 Å². The van der Waals surface area contributed by atoms with Crippen LogP contribution >= 0.6 is 11.8 Å². The zero-order valence-corrected chi connectivity index (χ0v) is 27.2. The third-order valence-corrected chi connectivity index (χ3v) is 15.9. The molecule has 0 aromatic heterocycles. The number of para-hydroxylation sites is 1. The van der Waals surface area contributed by atoms with Gasteiger partial charge in [-0.05, 0) is 71.0 Å². The summed E-state index contributed by atoms with van der Waals surface area (Å²) in [5, 5.41) is 2.73. The topological polar surface area (TPSA) is 0 Å². The van der Waals surface area contributed by atoms with E-state index in [0.717, 1.165) is 12.8 Å². The van der Waals surface area contributed by atoms with Crippen molar-refractivity contribution in [3.63, 3.8) is 0 Å². The van der Waals surface area contributed by atoms with Crippen LogP contribution in [0.15, 0.2) is 126 Å². The number of nitrogens with zero attached hydrogens (tertiary/aromatic N) is 1. The molecular formula is C38H42NSSi+. The summed E-state index contributed by atoms with van der Waals surface area (Å²) in [6, 6.07) is 23.2. The maximum absolute atomic E-state index is 4.54. The molecule has 5 rings (SSSR count). The number of hydrogen-bond acceptors (Lipinski definition) is 1. The van der Waals surface area contributed by atoms with Gasteiger partial charge in [0.05, 0.1) is 7.05 Å². The van der Waals surface area contributed by atoms with E-state index in [1.165, 1.54) is 65.4 Å². The molecule has 0 amide bonds. The lowest BCUT2D eigenvalue weighted by atomic mass is 10.0. The first kappa shape index (κ1) is 29.1. The fraction of sp³-hybridized carbons (Fsp3) is 0.211. The average Bonchev–Trinajstić information content (AvgIpc) is 3.45. The van der Waals surface area contributed by atoms with Crippen molar-refractivity contribution < 1.29 is 0 Å². The van der Waals surface area contributed by atoms with Crippen LogP contribution in [-0.2, 0) is 6.42 Å². The summed E-state index contributed by atoms with van der Waals surface area (Å²) in [6.45, 7) is 17.6. The molecule has 208 valence electrons. The van der Waals surface area contributed by atoms with Gasteiger partial charge in [0, 0.05) is 35.4 Å². The Labute approximate surface area is 252 Å². The molecule has 1 aliphatic heterocycles. The Kier molecular flexibility index (Phi) is 8.16. The Hall–Kier alpha value is -3.37. The molecule has 2 aliphatic rings. The molecule has 1 heterocycles. The molecule has 0 saturated carbocycles. The van der Waals surface area contributed by atoms with Crippen LogP contribution in [0.2, 0.25) is 6.55 Å². The van der Waals surface area contributed by atoms with Crippen LogP contribution in [0.3, 0.4) is 0 Å². The van der Waals surface area contributed by atoms with Gasteiger partial charge < -0.3 is 0 Å². The Morgan fingerprint density at radius 1 is 1.00 bits per heavy atom. The predicted octanol–water partition coefficient (Wildman–Crippen LogP) is 10.2. The van der Waals surface area contributed by atoms with Crippen molar-refractivity contribution in [3.8, 4) is 11.1 Å². The largest absolute Gasteiger partial charge is 0.228 e. The van der Waals surface area contributed by atoms with Gasteiger partial charge in [0.15, 0.2) is 5.69 Å². The maximum atomic E-state index is 4.54. The van der Waals surface area contributed by atoms with Crippen LogP contribution in [0.4, 0.5) is 11.4 Å². The van der Waals surface area contributed by atoms with Crippen molar-refractivity contribution in [1.82, 2.24) is 4.48 Å². The zero-order valence-electron chi connectivity index (χ0n) is 25.4. The molecule has 0 radical (unpaired) electrons. The van der Waals surface area contributed by atoms with Gasteiger partial charge in [-0.1, -0.05) is 92.0 Å². The first-order valence-electron chi connectivity index (χ1n) is 14.5. The standard InChI is InChI=1S/C38H42NSSi/c1-9-11-13-19-38(40-7)41(8,27(3)4)32-23-21-30-24-29-20-22-31(25-34(29)35(30)26-32)39(6)36(17-12-10-2)28(5)33-16-14-15-18-37(33)39/h10-23,25-26H,2-3,9,24H2,1,4-8H3/q+1. The first-order chi connectivity index (χ1) is 19.7. The van der Waals surface area contributed by atoms with Crippen molar-refractivity contribution in [1.29, 1.82) is 0 Å². The molecule has 2 unspecified atom stereocenters. The van der Waals surface area contributed by atoms with Gasteiger partial charge >= 0.3 is 0 Å². The molecule has 0 fully saturated rings. The number of likely N-dealkylation sites (N-methyl/N-ethyl adjacent to an activating group) is 1. The van der Waals surface area contributed by atoms with Crippen molar-refractivity contribution in [2.24, 2.45) is 0 Å². The number of hydrogen-bond donors (Lipinski definition) is 0. The molecule has 0 N–H and O–H groups in total. The van der Waals surface area contributed by atoms with Gasteiger partial charge in [0.25, 0.3) is 0 Å². The maximum Gasteiger partial charge on any atom is 0.150 e. The molecule has 0 saturated heterocycles. The van der Waals surface area contributed by atoms with E-state index in [-0.39, 0.29) is 0 Å². The minimum atomic E-state index is -2.13. The minimum Gasteiger partial charge on any atom is -0.228 e. The normalized spacial score (nSPS) is 19.4. The summed E-state index contributed by atoms with van der Waals surface area (Å²) in [6.07, 6.45) is 17.2. The molecule has 3 heteroatoms. The summed E-state index contributed by atoms with van der Waals surface area (Å²) < 4.78 is 2.10. The Bertz CT molecular complexity index is 1670. The molecule has 1 nitrogen and oxygen atoms in total. The molecule has 0 spiro atoms. The van der Waals surface area contributed by atoms with Gasteiger partial charge in [0.1, 0.15) is 19.5 Å². The summed E-state index contributed by atoms with van der Waals surface area (Å²) in [7, 11) is 0.196. The second-order valence-corrected chi connectivity index (χ2v) is 16.9. The number of fused-ring (bicyclic) bond motifs is 4. The summed E-state index contributed by atoms with van der Waals surface area (Å²) >= 11 is 1.88. The van der Waals surface area contributed by atoms with Crippen molar-refractivity contribution in [3.05, 3.63) is 142 Å². The molecule has 0 bridgehead atoms. The number of quaternary nitrogens is 1. The van der Waals surface area contributed by atoms with Crippen LogP contribution in [0, 0.1) is 0 Å². The fourth-order valence-electron chi connectivity index (χ4n) is 6.57. The molecule has 2 atom stereocenters. The van der Waals surface area contributed by atoms with Gasteiger partial charge in [-0.3, -0.25) is 0 Å². The van der Waals surface area contributed by atoms with Gasteiger partial charge in [-0.2, -0.15) is 0 Å². The predicted molar refractivity (Wildman–Crippen MR) is 188 cm³/mol. The number of allylic oxidation sites excluding steroid dienone is 8. The van der Waals surface area contributed by atoms with Gasteiger partial charge in [0.2, 0.25) is 0 Å². The number of rotatable bonds is 9. The Balaban J connectivity index is 1.66. The fourth-order valence-corrected chi connectivity index (χ4v) is 11.8. The van der Waals surface area contributed by atoms with E-state index in [1.54, 1.807) is 0 Å². The second kappa shape index (κ2) is 11.5. The number of thioether (sulfide) groups is 1. The first-order valence-corrected chi connectivity index (χ1v) is 18.3. The van der Waals surface area contributed by atoms with Crippen LogP contribution < -0.4 is 9.67 Å². The van der Waals surface area contributed by atoms with E-state index in [9.17, 15) is 0 Å². The summed E-state index contributed by atoms with van der Waals surface area (Å²) in [4.78, 5) is 0. The monoisotopic (exact) mass is 572 g/mol. The van der Waals surface area contributed by atoms with Crippen molar-refractivity contribution in [2.45, 2.75) is 40.2 Å². The molecular weight excluding hydrogens is 531 g/mol. The lowest BCUT2D eigenvalue weighted by molar-refractivity contribution is 0.591. The van der Waals surface area contributed by atoms with E-state index < -0.39 is 8.07 Å². The van der Waals surface area contributed by atoms with E-state index in [0.29, 0.717) is 4.48 Å². The second-order valence-electron chi connectivity index (χ2n) is 11.5. The van der Waals surface area contributed by atoms with E-state index in [4.69, 9.17) is 0 Å². The van der Waals surface area contributed by atoms with Crippen LogP contribution in [0.25, 0.3) is 16.7 Å². The third-order valence-electron chi connectivity index (χ3n) is 9.20. The SMILES string of the molecule is C=CC=CC1=C(C)c2ccccc2[N+]1(C)c1ccc2c(c1)-c1cc([Si](C)(C(=C)C)C(=CC=CCC)SC)ccc1C2. The highest BCUT2D eigenvalue weighted by Gasteiger charge is 2.42. The Morgan fingerprint density at radius 2 is 1.71 bits per heavy atom. The lowest BCUT2D eigenvalue weighted by Gasteiger charge is -2.32. The smallest absolute Gasteiger partial charge is 0.150 e. The van der Waals surface area contributed by atoms with Crippen LogP contribution in [-0.4, -0.2) is 21.4 Å². The minimum absolute atomic E-state index is 0.649. The van der Waals surface area contributed by atoms with Crippen molar-refractivity contribution >= 4 is 42.0 Å². The Morgan fingerprint density at radius 3 is 2.39 bits per heavy atom. The highest BCUT2D eigenvalue weighted by atomic mass is 32.2. The summed E-state index contributed by atoms with van der Waals surface area (Å²) in [5.74, 6) is 0. The van der Waals surface area contributed by atoms with Gasteiger partial charge in [-0.25, -0.2) is 4.48 Å². The highest BCUT2D eigenvalue weighted by Crippen LogP contribution is 2.51. The average molecular weight is 573 g/mol. The molecule has 41 heavy (non-hydrogen) atoms. The quantitative estimate of drug-likeness (QED) is 0.109. The third kappa shape index (κ3) is 4.70. The number of benzene rings is 3. The highest BCUT2D eigenvalue weighted by molar-refractivity contribution is 8.04.